The van der Waals surface area contributed by atoms with E-state index in [-0.39, 0.29) is 5.69 Å². The molecule has 0 bridgehead atoms. The first-order valence-electron chi connectivity index (χ1n) is 6.22. The molecule has 6 nitrogen and oxygen atoms in total. The van der Waals surface area contributed by atoms with Gasteiger partial charge in [0.15, 0.2) is 0 Å². The highest BCUT2D eigenvalue weighted by molar-refractivity contribution is 5.64. The van der Waals surface area contributed by atoms with Gasteiger partial charge < -0.3 is 15.0 Å². The Labute approximate surface area is 113 Å². The van der Waals surface area contributed by atoms with Crippen LogP contribution in [-0.2, 0) is 0 Å². The average Bonchev–Trinajstić information content (AvgIpc) is 2.37. The van der Waals surface area contributed by atoms with Gasteiger partial charge in [-0.1, -0.05) is 0 Å². The number of likely N-dealkylation sites (N-methyl/N-ethyl adjacent to an activating group) is 1. The van der Waals surface area contributed by atoms with E-state index in [9.17, 15) is 10.1 Å². The van der Waals surface area contributed by atoms with Crippen LogP contribution in [0.1, 0.15) is 13.8 Å². The smallest absolute Gasteiger partial charge is 0.292 e. The van der Waals surface area contributed by atoms with Crippen molar-refractivity contribution in [1.29, 1.82) is 0 Å². The molecule has 0 aromatic heterocycles. The van der Waals surface area contributed by atoms with Gasteiger partial charge in [-0.3, -0.25) is 10.1 Å². The maximum absolute atomic E-state index is 10.9. The van der Waals surface area contributed by atoms with Gasteiger partial charge in [-0.05, 0) is 27.0 Å². The molecule has 106 valence electrons. The molecule has 6 heteroatoms. The van der Waals surface area contributed by atoms with Crippen LogP contribution in [0.25, 0.3) is 0 Å². The van der Waals surface area contributed by atoms with Gasteiger partial charge in [-0.15, -0.1) is 0 Å². The largest absolute Gasteiger partial charge is 0.497 e. The van der Waals surface area contributed by atoms with Crippen LogP contribution in [0.2, 0.25) is 0 Å². The standard InChI is InChI=1S/C13H21N3O3/c1-10(2)15(3)8-7-14-12-9-11(19-4)5-6-13(12)16(17)18/h5-6,9-10,14H,7-8H2,1-4H3. The minimum absolute atomic E-state index is 0.0630. The number of anilines is 1. The highest BCUT2D eigenvalue weighted by Gasteiger charge is 2.14. The Balaban J connectivity index is 2.72. The Morgan fingerprint density at radius 3 is 2.68 bits per heavy atom. The summed E-state index contributed by atoms with van der Waals surface area (Å²) >= 11 is 0. The van der Waals surface area contributed by atoms with Crippen molar-refractivity contribution in [3.8, 4) is 5.75 Å². The molecule has 0 spiro atoms. The van der Waals surface area contributed by atoms with E-state index in [0.717, 1.165) is 6.54 Å². The van der Waals surface area contributed by atoms with Gasteiger partial charge in [0.1, 0.15) is 11.4 Å². The number of methoxy groups -OCH3 is 1. The first kappa shape index (κ1) is 15.2. The first-order chi connectivity index (χ1) is 8.95. The zero-order chi connectivity index (χ0) is 14.4. The molecule has 0 aliphatic heterocycles. The minimum atomic E-state index is -0.395. The predicted molar refractivity (Wildman–Crippen MR) is 75.9 cm³/mol. The molecule has 1 N–H and O–H groups in total. The molecule has 0 amide bonds. The Kier molecular flexibility index (Phi) is 5.57. The molecule has 0 atom stereocenters. The highest BCUT2D eigenvalue weighted by Crippen LogP contribution is 2.28. The summed E-state index contributed by atoms with van der Waals surface area (Å²) in [6.07, 6.45) is 0. The third-order valence-electron chi connectivity index (χ3n) is 3.06. The second-order valence-electron chi connectivity index (χ2n) is 4.64. The van der Waals surface area contributed by atoms with Gasteiger partial charge in [0.05, 0.1) is 12.0 Å². The fourth-order valence-electron chi connectivity index (χ4n) is 1.57. The van der Waals surface area contributed by atoms with E-state index in [4.69, 9.17) is 4.74 Å². The zero-order valence-corrected chi connectivity index (χ0v) is 11.8. The number of nitro groups is 1. The van der Waals surface area contributed by atoms with Crippen molar-refractivity contribution < 1.29 is 9.66 Å². The van der Waals surface area contributed by atoms with Crippen molar-refractivity contribution in [2.45, 2.75) is 19.9 Å². The molecule has 0 fully saturated rings. The number of hydrogen-bond acceptors (Lipinski definition) is 5. The molecule has 0 aliphatic carbocycles. The third kappa shape index (κ3) is 4.40. The summed E-state index contributed by atoms with van der Waals surface area (Å²) < 4.78 is 5.08. The molecular weight excluding hydrogens is 246 g/mol. The van der Waals surface area contributed by atoms with Gasteiger partial charge >= 0.3 is 0 Å². The summed E-state index contributed by atoms with van der Waals surface area (Å²) in [6, 6.07) is 5.13. The number of benzene rings is 1. The van der Waals surface area contributed by atoms with E-state index in [1.807, 2.05) is 7.05 Å². The lowest BCUT2D eigenvalue weighted by atomic mass is 10.2. The van der Waals surface area contributed by atoms with Crippen LogP contribution in [0.3, 0.4) is 0 Å². The fourth-order valence-corrected chi connectivity index (χ4v) is 1.57. The number of hydrogen-bond donors (Lipinski definition) is 1. The molecule has 0 saturated heterocycles. The van der Waals surface area contributed by atoms with Gasteiger partial charge in [-0.25, -0.2) is 0 Å². The Bertz CT molecular complexity index is 435. The molecule has 19 heavy (non-hydrogen) atoms. The minimum Gasteiger partial charge on any atom is -0.497 e. The van der Waals surface area contributed by atoms with E-state index < -0.39 is 4.92 Å². The van der Waals surface area contributed by atoms with Crippen LogP contribution in [0.5, 0.6) is 5.75 Å². The molecule has 0 unspecified atom stereocenters. The van der Waals surface area contributed by atoms with Crippen LogP contribution in [0.15, 0.2) is 18.2 Å². The fraction of sp³-hybridized carbons (Fsp3) is 0.538. The summed E-state index contributed by atoms with van der Waals surface area (Å²) in [5.41, 5.74) is 0.550. The molecule has 1 rings (SSSR count). The van der Waals surface area contributed by atoms with Crippen LogP contribution < -0.4 is 10.1 Å². The van der Waals surface area contributed by atoms with Crippen molar-refractivity contribution in [2.24, 2.45) is 0 Å². The Hall–Kier alpha value is -1.82. The predicted octanol–water partition coefficient (Wildman–Crippen LogP) is 2.36. The van der Waals surface area contributed by atoms with E-state index in [1.54, 1.807) is 12.1 Å². The molecule has 0 heterocycles. The van der Waals surface area contributed by atoms with Gasteiger partial charge in [0, 0.05) is 31.3 Å². The van der Waals surface area contributed by atoms with Crippen molar-refractivity contribution in [2.75, 3.05) is 32.6 Å². The molecule has 0 saturated carbocycles. The average molecular weight is 267 g/mol. The molecule has 1 aromatic rings. The van der Waals surface area contributed by atoms with Crippen molar-refractivity contribution in [3.05, 3.63) is 28.3 Å². The van der Waals surface area contributed by atoms with E-state index in [1.165, 1.54) is 13.2 Å². The molecular formula is C13H21N3O3. The van der Waals surface area contributed by atoms with Gasteiger partial charge in [-0.2, -0.15) is 0 Å². The van der Waals surface area contributed by atoms with Crippen LogP contribution >= 0.6 is 0 Å². The summed E-state index contributed by atoms with van der Waals surface area (Å²) in [5.74, 6) is 0.602. The first-order valence-corrected chi connectivity index (χ1v) is 6.22. The lowest BCUT2D eigenvalue weighted by molar-refractivity contribution is -0.384. The topological polar surface area (TPSA) is 67.6 Å². The molecule has 1 aromatic carbocycles. The normalized spacial score (nSPS) is 10.8. The summed E-state index contributed by atoms with van der Waals surface area (Å²) in [7, 11) is 3.56. The number of nitro benzene ring substituents is 1. The SMILES string of the molecule is COc1ccc([N+](=O)[O-])c(NCCN(C)C(C)C)c1. The van der Waals surface area contributed by atoms with E-state index >= 15 is 0 Å². The monoisotopic (exact) mass is 267 g/mol. The van der Waals surface area contributed by atoms with Crippen molar-refractivity contribution in [1.82, 2.24) is 4.90 Å². The molecule has 0 radical (unpaired) electrons. The van der Waals surface area contributed by atoms with E-state index in [2.05, 4.69) is 24.1 Å². The number of nitrogens with one attached hydrogen (secondary N) is 1. The Morgan fingerprint density at radius 1 is 1.47 bits per heavy atom. The van der Waals surface area contributed by atoms with Gasteiger partial charge in [0.25, 0.3) is 5.69 Å². The van der Waals surface area contributed by atoms with Crippen molar-refractivity contribution >= 4 is 11.4 Å². The van der Waals surface area contributed by atoms with Crippen molar-refractivity contribution in [3.63, 3.8) is 0 Å². The van der Waals surface area contributed by atoms with Crippen LogP contribution in [-0.4, -0.2) is 43.1 Å². The van der Waals surface area contributed by atoms with Gasteiger partial charge in [0.2, 0.25) is 0 Å². The second kappa shape index (κ2) is 6.94. The third-order valence-corrected chi connectivity index (χ3v) is 3.06. The maximum Gasteiger partial charge on any atom is 0.292 e. The second-order valence-corrected chi connectivity index (χ2v) is 4.64. The molecule has 0 aliphatic rings. The van der Waals surface area contributed by atoms with Crippen LogP contribution in [0.4, 0.5) is 11.4 Å². The maximum atomic E-state index is 10.9. The number of nitrogens with zero attached hydrogens (tertiary/aromatic N) is 2. The summed E-state index contributed by atoms with van der Waals surface area (Å²) in [6.45, 7) is 5.66. The number of ether oxygens (including phenoxy) is 1. The lowest BCUT2D eigenvalue weighted by Crippen LogP contribution is -2.31. The summed E-state index contributed by atoms with van der Waals surface area (Å²) in [4.78, 5) is 12.7. The van der Waals surface area contributed by atoms with Crippen LogP contribution in [0, 0.1) is 10.1 Å². The summed E-state index contributed by atoms with van der Waals surface area (Å²) in [5, 5.41) is 14.0. The quantitative estimate of drug-likeness (QED) is 0.606. The Morgan fingerprint density at radius 2 is 2.16 bits per heavy atom. The number of rotatable bonds is 7. The zero-order valence-electron chi connectivity index (χ0n) is 11.8. The lowest BCUT2D eigenvalue weighted by Gasteiger charge is -2.21. The highest BCUT2D eigenvalue weighted by atomic mass is 16.6. The van der Waals surface area contributed by atoms with E-state index in [0.29, 0.717) is 24.0 Å².